The fourth-order valence-electron chi connectivity index (χ4n) is 2.23. The predicted octanol–water partition coefficient (Wildman–Crippen LogP) is -0.988. The molecule has 0 radical (unpaired) electrons. The Labute approximate surface area is 94.9 Å². The Hall–Kier alpha value is -0.920. The molecule has 3 N–H and O–H groups in total. The van der Waals surface area contributed by atoms with Crippen LogP contribution in [0, 0.1) is 5.92 Å². The molecule has 1 aromatic heterocycles. The lowest BCUT2D eigenvalue weighted by Gasteiger charge is -2.15. The molecular weight excluding hydrogens is 228 g/mol. The highest BCUT2D eigenvalue weighted by atomic mass is 32.2. The largest absolute Gasteiger partial charge is 0.316 e. The number of sulfonamides is 1. The maximum atomic E-state index is 11.1. The SMILES string of the molecule is Cn1cc(C2CNCC2CS(N)(=O)=O)cn1. The minimum absolute atomic E-state index is 0.0273. The number of aromatic nitrogens is 2. The minimum atomic E-state index is -3.41. The van der Waals surface area contributed by atoms with Gasteiger partial charge in [0.25, 0.3) is 0 Å². The van der Waals surface area contributed by atoms with E-state index >= 15 is 0 Å². The molecule has 16 heavy (non-hydrogen) atoms. The lowest BCUT2D eigenvalue weighted by Crippen LogP contribution is -2.26. The third-order valence-corrected chi connectivity index (χ3v) is 3.83. The summed E-state index contributed by atoms with van der Waals surface area (Å²) in [6.07, 6.45) is 3.71. The van der Waals surface area contributed by atoms with E-state index in [1.165, 1.54) is 0 Å². The molecule has 2 unspecified atom stereocenters. The first-order valence-corrected chi connectivity index (χ1v) is 6.87. The molecule has 1 saturated heterocycles. The summed E-state index contributed by atoms with van der Waals surface area (Å²) in [6, 6.07) is 0. The van der Waals surface area contributed by atoms with Gasteiger partial charge in [-0.2, -0.15) is 5.10 Å². The van der Waals surface area contributed by atoms with Crippen molar-refractivity contribution in [3.8, 4) is 0 Å². The highest BCUT2D eigenvalue weighted by Crippen LogP contribution is 2.28. The third-order valence-electron chi connectivity index (χ3n) is 2.94. The number of nitrogens with zero attached hydrogens (tertiary/aromatic N) is 2. The molecule has 90 valence electrons. The Bertz CT molecular complexity index is 468. The molecule has 0 spiro atoms. The molecule has 1 fully saturated rings. The number of nitrogens with two attached hydrogens (primary N) is 1. The maximum absolute atomic E-state index is 11.1. The van der Waals surface area contributed by atoms with Crippen molar-refractivity contribution in [3.05, 3.63) is 18.0 Å². The van der Waals surface area contributed by atoms with E-state index in [1.54, 1.807) is 10.9 Å². The monoisotopic (exact) mass is 244 g/mol. The van der Waals surface area contributed by atoms with Crippen LogP contribution < -0.4 is 10.5 Å². The zero-order valence-corrected chi connectivity index (χ0v) is 9.94. The van der Waals surface area contributed by atoms with Gasteiger partial charge in [0.2, 0.25) is 10.0 Å². The number of primary sulfonamides is 1. The zero-order valence-electron chi connectivity index (χ0n) is 9.13. The van der Waals surface area contributed by atoms with Crippen molar-refractivity contribution < 1.29 is 8.42 Å². The fraction of sp³-hybridized carbons (Fsp3) is 0.667. The first kappa shape index (κ1) is 11.6. The third kappa shape index (κ3) is 2.60. The maximum Gasteiger partial charge on any atom is 0.209 e. The summed E-state index contributed by atoms with van der Waals surface area (Å²) in [7, 11) is -1.56. The van der Waals surface area contributed by atoms with Crippen LogP contribution in [0.3, 0.4) is 0 Å². The molecule has 1 aliphatic heterocycles. The van der Waals surface area contributed by atoms with Gasteiger partial charge < -0.3 is 5.32 Å². The van der Waals surface area contributed by atoms with Gasteiger partial charge in [-0.15, -0.1) is 0 Å². The molecule has 0 bridgehead atoms. The van der Waals surface area contributed by atoms with Crippen molar-refractivity contribution in [1.82, 2.24) is 15.1 Å². The topological polar surface area (TPSA) is 90.0 Å². The van der Waals surface area contributed by atoms with Gasteiger partial charge in [0.15, 0.2) is 0 Å². The molecule has 7 heteroatoms. The van der Waals surface area contributed by atoms with Gasteiger partial charge in [0.05, 0.1) is 11.9 Å². The van der Waals surface area contributed by atoms with Gasteiger partial charge in [-0.3, -0.25) is 4.68 Å². The van der Waals surface area contributed by atoms with Crippen LogP contribution in [0.1, 0.15) is 11.5 Å². The molecule has 0 aliphatic carbocycles. The summed E-state index contributed by atoms with van der Waals surface area (Å²) in [5.41, 5.74) is 1.07. The molecule has 0 aromatic carbocycles. The quantitative estimate of drug-likeness (QED) is 0.714. The van der Waals surface area contributed by atoms with E-state index in [1.807, 2.05) is 13.2 Å². The molecule has 0 amide bonds. The molecule has 2 heterocycles. The van der Waals surface area contributed by atoms with Crippen molar-refractivity contribution in [2.45, 2.75) is 5.92 Å². The number of hydrogen-bond donors (Lipinski definition) is 2. The summed E-state index contributed by atoms with van der Waals surface area (Å²) >= 11 is 0. The minimum Gasteiger partial charge on any atom is -0.316 e. The lowest BCUT2D eigenvalue weighted by molar-refractivity contribution is 0.542. The fourth-order valence-corrected chi connectivity index (χ4v) is 3.18. The Morgan fingerprint density at radius 1 is 1.62 bits per heavy atom. The van der Waals surface area contributed by atoms with E-state index in [2.05, 4.69) is 10.4 Å². The van der Waals surface area contributed by atoms with Crippen LogP contribution in [-0.4, -0.2) is 37.0 Å². The second-order valence-corrected chi connectivity index (χ2v) is 5.96. The van der Waals surface area contributed by atoms with Crippen LogP contribution in [0.15, 0.2) is 12.4 Å². The molecule has 2 atom stereocenters. The van der Waals surface area contributed by atoms with Crippen LogP contribution >= 0.6 is 0 Å². The van der Waals surface area contributed by atoms with Crippen LogP contribution in [0.25, 0.3) is 0 Å². The highest BCUT2D eigenvalue weighted by Gasteiger charge is 2.31. The van der Waals surface area contributed by atoms with E-state index in [4.69, 9.17) is 5.14 Å². The van der Waals surface area contributed by atoms with Gasteiger partial charge in [0, 0.05) is 25.7 Å². The van der Waals surface area contributed by atoms with Crippen molar-refractivity contribution >= 4 is 10.0 Å². The molecule has 1 aromatic rings. The normalized spacial score (nSPS) is 26.1. The predicted molar refractivity (Wildman–Crippen MR) is 60.3 cm³/mol. The Balaban J connectivity index is 2.15. The van der Waals surface area contributed by atoms with Gasteiger partial charge >= 0.3 is 0 Å². The number of rotatable bonds is 3. The van der Waals surface area contributed by atoms with Crippen molar-refractivity contribution in [2.24, 2.45) is 18.1 Å². The van der Waals surface area contributed by atoms with Crippen LogP contribution in [0.4, 0.5) is 0 Å². The average Bonchev–Trinajstić information content (AvgIpc) is 2.71. The summed E-state index contributed by atoms with van der Waals surface area (Å²) in [6.45, 7) is 1.47. The smallest absolute Gasteiger partial charge is 0.209 e. The van der Waals surface area contributed by atoms with E-state index in [9.17, 15) is 8.42 Å². The van der Waals surface area contributed by atoms with E-state index in [0.717, 1.165) is 12.1 Å². The summed E-state index contributed by atoms with van der Waals surface area (Å²) in [4.78, 5) is 0. The Morgan fingerprint density at radius 3 is 2.94 bits per heavy atom. The van der Waals surface area contributed by atoms with Crippen LogP contribution in [0.2, 0.25) is 0 Å². The molecule has 0 saturated carbocycles. The molecular formula is C9H16N4O2S. The second-order valence-electron chi connectivity index (χ2n) is 4.30. The average molecular weight is 244 g/mol. The summed E-state index contributed by atoms with van der Waals surface area (Å²) < 4.78 is 23.9. The first-order chi connectivity index (χ1) is 7.46. The van der Waals surface area contributed by atoms with Crippen LogP contribution in [-0.2, 0) is 17.1 Å². The molecule has 2 rings (SSSR count). The number of hydrogen-bond acceptors (Lipinski definition) is 4. The molecule has 6 nitrogen and oxygen atoms in total. The molecule has 1 aliphatic rings. The van der Waals surface area contributed by atoms with E-state index in [-0.39, 0.29) is 17.6 Å². The second kappa shape index (κ2) is 4.15. The van der Waals surface area contributed by atoms with E-state index in [0.29, 0.717) is 6.54 Å². The highest BCUT2D eigenvalue weighted by molar-refractivity contribution is 7.89. The number of nitrogens with one attached hydrogen (secondary N) is 1. The number of aryl methyl sites for hydroxylation is 1. The Kier molecular flexibility index (Phi) is 3.00. The van der Waals surface area contributed by atoms with Crippen molar-refractivity contribution in [3.63, 3.8) is 0 Å². The first-order valence-electron chi connectivity index (χ1n) is 5.15. The van der Waals surface area contributed by atoms with Gasteiger partial charge in [-0.25, -0.2) is 13.6 Å². The standard InChI is InChI=1S/C9H16N4O2S/c1-13-5-7(3-12-13)9-4-11-2-8(9)6-16(10,14)15/h3,5,8-9,11H,2,4,6H2,1H3,(H2,10,14,15). The van der Waals surface area contributed by atoms with Crippen molar-refractivity contribution in [2.75, 3.05) is 18.8 Å². The van der Waals surface area contributed by atoms with E-state index < -0.39 is 10.0 Å². The Morgan fingerprint density at radius 2 is 2.38 bits per heavy atom. The summed E-state index contributed by atoms with van der Waals surface area (Å²) in [5, 5.41) is 12.4. The summed E-state index contributed by atoms with van der Waals surface area (Å²) in [5.74, 6) is 0.255. The van der Waals surface area contributed by atoms with Gasteiger partial charge in [-0.1, -0.05) is 0 Å². The van der Waals surface area contributed by atoms with Crippen molar-refractivity contribution in [1.29, 1.82) is 0 Å². The van der Waals surface area contributed by atoms with Gasteiger partial charge in [0.1, 0.15) is 0 Å². The van der Waals surface area contributed by atoms with Crippen LogP contribution in [0.5, 0.6) is 0 Å². The lowest BCUT2D eigenvalue weighted by atomic mass is 9.92. The zero-order chi connectivity index (χ0) is 11.8. The van der Waals surface area contributed by atoms with Gasteiger partial charge in [-0.05, 0) is 18.0 Å².